The molecular weight excluding hydrogens is 330 g/mol. The molecule has 0 aromatic carbocycles. The first kappa shape index (κ1) is 16.7. The van der Waals surface area contributed by atoms with Crippen LogP contribution >= 0.6 is 11.3 Å². The number of furan rings is 1. The van der Waals surface area contributed by atoms with Crippen LogP contribution in [-0.4, -0.2) is 29.5 Å². The monoisotopic (exact) mass is 349 g/mol. The predicted octanol–water partition coefficient (Wildman–Crippen LogP) is 2.71. The number of ether oxygens (including phenoxy) is 1. The lowest BCUT2D eigenvalue weighted by Crippen LogP contribution is -2.21. The largest absolute Gasteiger partial charge is 0.456 e. The summed E-state index contributed by atoms with van der Waals surface area (Å²) in [5, 5.41) is 4.99. The van der Waals surface area contributed by atoms with Gasteiger partial charge in [-0.1, -0.05) is 12.8 Å². The third-order valence-corrected chi connectivity index (χ3v) is 4.70. The zero-order chi connectivity index (χ0) is 17.1. The van der Waals surface area contributed by atoms with Crippen molar-refractivity contribution in [2.24, 2.45) is 5.73 Å². The third-order valence-electron chi connectivity index (χ3n) is 3.94. The van der Waals surface area contributed by atoms with Crippen LogP contribution in [0.25, 0.3) is 11.3 Å². The second-order valence-electron chi connectivity index (χ2n) is 5.75. The van der Waals surface area contributed by atoms with E-state index >= 15 is 0 Å². The number of carbonyl (C=O) groups is 2. The number of nitrogens with zero attached hydrogens (tertiary/aromatic N) is 1. The lowest BCUT2D eigenvalue weighted by atomic mass is 10.2. The van der Waals surface area contributed by atoms with Crippen LogP contribution in [0.2, 0.25) is 0 Å². The summed E-state index contributed by atoms with van der Waals surface area (Å²) in [6, 6.07) is 1.56. The summed E-state index contributed by atoms with van der Waals surface area (Å²) >= 11 is 1.30. The maximum Gasteiger partial charge on any atom is 0.284 e. The van der Waals surface area contributed by atoms with Gasteiger partial charge in [0.15, 0.2) is 10.9 Å². The second kappa shape index (κ2) is 7.14. The van der Waals surface area contributed by atoms with Gasteiger partial charge in [-0.2, -0.15) is 0 Å². The number of nitrogens with one attached hydrogen (secondary N) is 1. The average Bonchev–Trinajstić information content (AvgIpc) is 3.25. The van der Waals surface area contributed by atoms with E-state index in [4.69, 9.17) is 14.9 Å². The Kier molecular flexibility index (Phi) is 4.96. The van der Waals surface area contributed by atoms with Gasteiger partial charge in [0.1, 0.15) is 12.4 Å². The Labute approximate surface area is 143 Å². The van der Waals surface area contributed by atoms with E-state index in [0.29, 0.717) is 22.1 Å². The minimum Gasteiger partial charge on any atom is -0.456 e. The number of carbonyl (C=O) groups excluding carboxylic acids is 2. The van der Waals surface area contributed by atoms with Gasteiger partial charge in [-0.15, -0.1) is 11.3 Å². The van der Waals surface area contributed by atoms with Crippen molar-refractivity contribution in [3.8, 4) is 11.3 Å². The Morgan fingerprint density at radius 2 is 2.21 bits per heavy atom. The summed E-state index contributed by atoms with van der Waals surface area (Å²) in [4.78, 5) is 27.4. The highest BCUT2D eigenvalue weighted by molar-refractivity contribution is 7.14. The Bertz CT molecular complexity index is 746. The Hall–Kier alpha value is -2.19. The number of amides is 2. The molecule has 2 heterocycles. The molecule has 7 nitrogen and oxygen atoms in total. The van der Waals surface area contributed by atoms with E-state index in [1.165, 1.54) is 24.2 Å². The Morgan fingerprint density at radius 1 is 1.46 bits per heavy atom. The van der Waals surface area contributed by atoms with Crippen molar-refractivity contribution >= 4 is 28.3 Å². The zero-order valence-corrected chi connectivity index (χ0v) is 14.1. The maximum absolute atomic E-state index is 11.9. The molecule has 0 atom stereocenters. The van der Waals surface area contributed by atoms with E-state index in [1.807, 2.05) is 0 Å². The quantitative estimate of drug-likeness (QED) is 0.834. The molecule has 1 aliphatic carbocycles. The number of hydrogen-bond donors (Lipinski definition) is 2. The topological polar surface area (TPSA) is 107 Å². The van der Waals surface area contributed by atoms with Gasteiger partial charge in [-0.05, 0) is 25.8 Å². The molecule has 128 valence electrons. The first-order valence-corrected chi connectivity index (χ1v) is 8.68. The van der Waals surface area contributed by atoms with Crippen molar-refractivity contribution < 1.29 is 18.7 Å². The normalized spacial score (nSPS) is 14.9. The van der Waals surface area contributed by atoms with Crippen molar-refractivity contribution in [2.45, 2.75) is 38.7 Å². The number of nitrogens with two attached hydrogens (primary N) is 1. The fraction of sp³-hybridized carbons (Fsp3) is 0.438. The summed E-state index contributed by atoms with van der Waals surface area (Å²) in [6.45, 7) is 1.77. The lowest BCUT2D eigenvalue weighted by Gasteiger charge is -2.09. The molecule has 0 spiro atoms. The molecule has 3 N–H and O–H groups in total. The van der Waals surface area contributed by atoms with Gasteiger partial charge in [-0.25, -0.2) is 4.98 Å². The number of aryl methyl sites for hydroxylation is 1. The molecule has 0 unspecified atom stereocenters. The molecule has 24 heavy (non-hydrogen) atoms. The van der Waals surface area contributed by atoms with Crippen molar-refractivity contribution in [3.05, 3.63) is 23.0 Å². The molecular formula is C16H19N3O4S. The van der Waals surface area contributed by atoms with Crippen LogP contribution in [0, 0.1) is 6.92 Å². The fourth-order valence-electron chi connectivity index (χ4n) is 2.72. The summed E-state index contributed by atoms with van der Waals surface area (Å²) in [5.41, 5.74) is 6.52. The van der Waals surface area contributed by atoms with Gasteiger partial charge in [-0.3, -0.25) is 14.9 Å². The molecule has 1 saturated carbocycles. The molecule has 0 radical (unpaired) electrons. The number of hydrogen-bond acceptors (Lipinski definition) is 6. The summed E-state index contributed by atoms with van der Waals surface area (Å²) in [7, 11) is 0. The number of thiazole rings is 1. The Balaban J connectivity index is 1.60. The molecule has 2 aromatic rings. The highest BCUT2D eigenvalue weighted by atomic mass is 32.1. The van der Waals surface area contributed by atoms with E-state index in [2.05, 4.69) is 10.3 Å². The van der Waals surface area contributed by atoms with E-state index in [-0.39, 0.29) is 24.4 Å². The number of rotatable bonds is 6. The summed E-state index contributed by atoms with van der Waals surface area (Å²) in [5.74, 6) is -0.204. The van der Waals surface area contributed by atoms with E-state index < -0.39 is 5.91 Å². The molecule has 1 aliphatic rings. The van der Waals surface area contributed by atoms with Gasteiger partial charge in [0.05, 0.1) is 11.8 Å². The van der Waals surface area contributed by atoms with Gasteiger partial charge in [0, 0.05) is 10.9 Å². The lowest BCUT2D eigenvalue weighted by molar-refractivity contribution is -0.122. The number of primary amides is 1. The molecule has 0 bridgehead atoms. The van der Waals surface area contributed by atoms with Crippen LogP contribution in [0.4, 0.5) is 5.13 Å². The SMILES string of the molecule is Cc1oc(C(N)=O)cc1-c1csc(NC(=O)COC2CCCC2)n1. The van der Waals surface area contributed by atoms with Crippen LogP contribution in [0.15, 0.2) is 15.9 Å². The van der Waals surface area contributed by atoms with Crippen LogP contribution in [-0.2, 0) is 9.53 Å². The van der Waals surface area contributed by atoms with Gasteiger partial charge >= 0.3 is 0 Å². The fourth-order valence-corrected chi connectivity index (χ4v) is 3.44. The van der Waals surface area contributed by atoms with Crippen LogP contribution < -0.4 is 11.1 Å². The van der Waals surface area contributed by atoms with Crippen LogP contribution in [0.1, 0.15) is 42.0 Å². The molecule has 8 heteroatoms. The first-order chi connectivity index (χ1) is 11.5. The van der Waals surface area contributed by atoms with Crippen molar-refractivity contribution in [1.82, 2.24) is 4.98 Å². The predicted molar refractivity (Wildman–Crippen MR) is 89.9 cm³/mol. The second-order valence-corrected chi connectivity index (χ2v) is 6.61. The van der Waals surface area contributed by atoms with E-state index in [0.717, 1.165) is 12.8 Å². The molecule has 2 amide bonds. The summed E-state index contributed by atoms with van der Waals surface area (Å²) in [6.07, 6.45) is 4.58. The van der Waals surface area contributed by atoms with Crippen molar-refractivity contribution in [1.29, 1.82) is 0 Å². The van der Waals surface area contributed by atoms with Gasteiger partial charge in [0.2, 0.25) is 0 Å². The molecule has 3 rings (SSSR count). The maximum atomic E-state index is 11.9. The minimum absolute atomic E-state index is 0.0378. The molecule has 1 fully saturated rings. The van der Waals surface area contributed by atoms with Crippen molar-refractivity contribution in [3.63, 3.8) is 0 Å². The minimum atomic E-state index is -0.628. The average molecular weight is 349 g/mol. The highest BCUT2D eigenvalue weighted by Gasteiger charge is 2.18. The van der Waals surface area contributed by atoms with Gasteiger partial charge < -0.3 is 14.9 Å². The molecule has 2 aromatic heterocycles. The van der Waals surface area contributed by atoms with E-state index in [1.54, 1.807) is 18.4 Å². The van der Waals surface area contributed by atoms with Gasteiger partial charge in [0.25, 0.3) is 11.8 Å². The standard InChI is InChI=1S/C16H19N3O4S/c1-9-11(6-13(23-9)15(17)21)12-8-24-16(18-12)19-14(20)7-22-10-4-2-3-5-10/h6,8,10H,2-5,7H2,1H3,(H2,17,21)(H,18,19,20). The smallest absolute Gasteiger partial charge is 0.284 e. The number of anilines is 1. The molecule has 0 aliphatic heterocycles. The Morgan fingerprint density at radius 3 is 2.88 bits per heavy atom. The van der Waals surface area contributed by atoms with Crippen molar-refractivity contribution in [2.75, 3.05) is 11.9 Å². The van der Waals surface area contributed by atoms with Crippen LogP contribution in [0.3, 0.4) is 0 Å². The zero-order valence-electron chi connectivity index (χ0n) is 13.3. The molecule has 0 saturated heterocycles. The first-order valence-electron chi connectivity index (χ1n) is 7.80. The third kappa shape index (κ3) is 3.82. The van der Waals surface area contributed by atoms with E-state index in [9.17, 15) is 9.59 Å². The number of aromatic nitrogens is 1. The summed E-state index contributed by atoms with van der Waals surface area (Å²) < 4.78 is 10.9. The highest BCUT2D eigenvalue weighted by Crippen LogP contribution is 2.29. The van der Waals surface area contributed by atoms with Crippen LogP contribution in [0.5, 0.6) is 0 Å².